The zero-order valence-electron chi connectivity index (χ0n) is 17.2. The minimum atomic E-state index is -0.636. The molecule has 0 unspecified atom stereocenters. The first kappa shape index (κ1) is 20.1. The molecule has 2 aromatic carbocycles. The number of hydrogen-bond donors (Lipinski definition) is 0. The molecule has 0 saturated heterocycles. The second-order valence-electron chi connectivity index (χ2n) is 8.78. The topological polar surface area (TPSA) is 64.7 Å². The molecule has 150 valence electrons. The van der Waals surface area contributed by atoms with Gasteiger partial charge >= 0.3 is 0 Å². The molecule has 0 aromatic heterocycles. The van der Waals surface area contributed by atoms with Gasteiger partial charge in [0.2, 0.25) is 0 Å². The fourth-order valence-corrected chi connectivity index (χ4v) is 5.35. The van der Waals surface area contributed by atoms with Crippen molar-refractivity contribution in [1.82, 2.24) is 0 Å². The van der Waals surface area contributed by atoms with Gasteiger partial charge in [0.25, 0.3) is 0 Å². The Balaban J connectivity index is 1.75. The second kappa shape index (κ2) is 8.68. The molecule has 2 aliphatic carbocycles. The lowest BCUT2D eigenvalue weighted by Gasteiger charge is -2.38. The zero-order valence-corrected chi connectivity index (χ0v) is 17.2. The Labute approximate surface area is 178 Å². The van der Waals surface area contributed by atoms with E-state index in [2.05, 4.69) is 48.5 Å². The van der Waals surface area contributed by atoms with Crippen molar-refractivity contribution in [1.29, 1.82) is 10.5 Å². The first-order valence-electron chi connectivity index (χ1n) is 10.8. The van der Waals surface area contributed by atoms with E-state index in [-0.39, 0.29) is 11.7 Å². The summed E-state index contributed by atoms with van der Waals surface area (Å²) < 4.78 is 0. The van der Waals surface area contributed by atoms with Crippen LogP contribution in [0.3, 0.4) is 0 Å². The average Bonchev–Trinajstić information content (AvgIpc) is 2.79. The second-order valence-corrected chi connectivity index (χ2v) is 8.78. The van der Waals surface area contributed by atoms with E-state index in [9.17, 15) is 15.3 Å². The molecule has 0 aliphatic heterocycles. The highest BCUT2D eigenvalue weighted by atomic mass is 16.1. The summed E-state index contributed by atoms with van der Waals surface area (Å²) in [7, 11) is 0. The number of nitriles is 2. The predicted octanol–water partition coefficient (Wildman–Crippen LogP) is 6.20. The molecule has 0 bridgehead atoms. The van der Waals surface area contributed by atoms with Crippen LogP contribution < -0.4 is 0 Å². The highest BCUT2D eigenvalue weighted by molar-refractivity contribution is 5.80. The summed E-state index contributed by atoms with van der Waals surface area (Å²) in [6, 6.07) is 25.6. The Morgan fingerprint density at radius 3 is 2.33 bits per heavy atom. The smallest absolute Gasteiger partial charge is 0.134 e. The van der Waals surface area contributed by atoms with Gasteiger partial charge in [0.15, 0.2) is 0 Å². The third-order valence-electron chi connectivity index (χ3n) is 6.79. The van der Waals surface area contributed by atoms with Gasteiger partial charge in [-0.05, 0) is 60.6 Å². The number of rotatable bonds is 4. The van der Waals surface area contributed by atoms with Crippen LogP contribution in [0.25, 0.3) is 5.57 Å². The first-order valence-corrected chi connectivity index (χ1v) is 10.8. The Kier molecular flexibility index (Phi) is 5.82. The Hall–Kier alpha value is -3.17. The fraction of sp³-hybridized carbons (Fsp3) is 0.370. The van der Waals surface area contributed by atoms with Gasteiger partial charge in [-0.15, -0.1) is 0 Å². The van der Waals surface area contributed by atoms with Crippen molar-refractivity contribution in [3.8, 4) is 12.1 Å². The third kappa shape index (κ3) is 4.07. The molecule has 3 atom stereocenters. The minimum absolute atomic E-state index is 0.00490. The van der Waals surface area contributed by atoms with Crippen molar-refractivity contribution in [2.75, 3.05) is 0 Å². The SMILES string of the molecule is N#CC1=C(c2ccccc2)C[C@@H](c2ccccc2)C[C@H]1C[C@]1(C#N)CCCC(=O)C1. The van der Waals surface area contributed by atoms with E-state index < -0.39 is 5.41 Å². The minimum Gasteiger partial charge on any atom is -0.300 e. The van der Waals surface area contributed by atoms with E-state index >= 15 is 0 Å². The van der Waals surface area contributed by atoms with Crippen LogP contribution >= 0.6 is 0 Å². The maximum absolute atomic E-state index is 12.2. The van der Waals surface area contributed by atoms with E-state index in [0.29, 0.717) is 25.2 Å². The summed E-state index contributed by atoms with van der Waals surface area (Å²) in [5, 5.41) is 20.1. The van der Waals surface area contributed by atoms with E-state index in [1.54, 1.807) is 0 Å². The lowest BCUT2D eigenvalue weighted by Crippen LogP contribution is -2.32. The third-order valence-corrected chi connectivity index (χ3v) is 6.79. The Morgan fingerprint density at radius 2 is 1.70 bits per heavy atom. The van der Waals surface area contributed by atoms with Crippen molar-refractivity contribution < 1.29 is 4.79 Å². The Bertz CT molecular complexity index is 1030. The molecule has 0 spiro atoms. The number of hydrogen-bond acceptors (Lipinski definition) is 3. The molecule has 2 aliphatic rings. The zero-order chi connectivity index (χ0) is 21.0. The van der Waals surface area contributed by atoms with Gasteiger partial charge in [-0.3, -0.25) is 4.79 Å². The molecule has 0 N–H and O–H groups in total. The number of Topliss-reactive ketones (excluding diaryl/α,β-unsaturated/α-hetero) is 1. The number of benzene rings is 2. The van der Waals surface area contributed by atoms with Crippen LogP contribution in [-0.2, 0) is 4.79 Å². The van der Waals surface area contributed by atoms with Crippen LogP contribution in [-0.4, -0.2) is 5.78 Å². The summed E-state index contributed by atoms with van der Waals surface area (Å²) in [6.45, 7) is 0. The van der Waals surface area contributed by atoms with Crippen LogP contribution in [0.2, 0.25) is 0 Å². The highest BCUT2D eigenvalue weighted by Gasteiger charge is 2.41. The highest BCUT2D eigenvalue weighted by Crippen LogP contribution is 2.49. The van der Waals surface area contributed by atoms with Gasteiger partial charge in [0, 0.05) is 18.4 Å². The van der Waals surface area contributed by atoms with Crippen molar-refractivity contribution in [3.05, 3.63) is 77.4 Å². The molecule has 1 fully saturated rings. The van der Waals surface area contributed by atoms with Crippen molar-refractivity contribution in [2.45, 2.75) is 50.9 Å². The van der Waals surface area contributed by atoms with Gasteiger partial charge in [-0.1, -0.05) is 60.7 Å². The summed E-state index contributed by atoms with van der Waals surface area (Å²) in [5.41, 5.74) is 3.63. The molecule has 3 heteroatoms. The van der Waals surface area contributed by atoms with Crippen molar-refractivity contribution >= 4 is 11.4 Å². The molecule has 0 heterocycles. The van der Waals surface area contributed by atoms with Gasteiger partial charge in [0.1, 0.15) is 5.78 Å². The molecule has 0 amide bonds. The average molecular weight is 395 g/mol. The van der Waals surface area contributed by atoms with E-state index in [4.69, 9.17) is 0 Å². The molecule has 1 saturated carbocycles. The van der Waals surface area contributed by atoms with Crippen molar-refractivity contribution in [2.24, 2.45) is 11.3 Å². The van der Waals surface area contributed by atoms with Gasteiger partial charge in [-0.2, -0.15) is 10.5 Å². The predicted molar refractivity (Wildman–Crippen MR) is 117 cm³/mol. The quantitative estimate of drug-likeness (QED) is 0.620. The summed E-state index contributed by atoms with van der Waals surface area (Å²) in [6.07, 6.45) is 4.70. The van der Waals surface area contributed by atoms with Gasteiger partial charge < -0.3 is 0 Å². The lowest BCUT2D eigenvalue weighted by molar-refractivity contribution is -0.122. The van der Waals surface area contributed by atoms with Crippen LogP contribution in [0.4, 0.5) is 0 Å². The largest absolute Gasteiger partial charge is 0.300 e. The molecule has 2 aromatic rings. The lowest BCUT2D eigenvalue weighted by atomic mass is 9.64. The van der Waals surface area contributed by atoms with Gasteiger partial charge in [0.05, 0.1) is 17.6 Å². The molecule has 30 heavy (non-hydrogen) atoms. The van der Waals surface area contributed by atoms with E-state index in [0.717, 1.165) is 42.4 Å². The normalized spacial score (nSPS) is 26.7. The van der Waals surface area contributed by atoms with Crippen LogP contribution in [0.5, 0.6) is 0 Å². The molecular weight excluding hydrogens is 368 g/mol. The number of ketones is 1. The number of carbonyl (C=O) groups excluding carboxylic acids is 1. The van der Waals surface area contributed by atoms with Gasteiger partial charge in [-0.25, -0.2) is 0 Å². The summed E-state index contributed by atoms with van der Waals surface area (Å²) >= 11 is 0. The first-order chi connectivity index (χ1) is 14.6. The maximum atomic E-state index is 12.2. The molecule has 4 rings (SSSR count). The van der Waals surface area contributed by atoms with Crippen LogP contribution in [0.15, 0.2) is 66.2 Å². The van der Waals surface area contributed by atoms with E-state index in [1.165, 1.54) is 5.56 Å². The monoisotopic (exact) mass is 394 g/mol. The number of nitrogens with zero attached hydrogens (tertiary/aromatic N) is 2. The summed E-state index contributed by atoms with van der Waals surface area (Å²) in [5.74, 6) is 0.484. The maximum Gasteiger partial charge on any atom is 0.134 e. The molecule has 3 nitrogen and oxygen atoms in total. The van der Waals surface area contributed by atoms with Crippen LogP contribution in [0, 0.1) is 34.0 Å². The standard InChI is InChI=1S/C27H26N2O/c28-18-26-23(16-27(19-29)13-7-12-24(30)17-27)14-22(20-8-3-1-4-9-20)15-25(26)21-10-5-2-6-11-21/h1-6,8-11,22-23H,7,12-17H2/t22-,23-,27+/m0/s1. The van der Waals surface area contributed by atoms with Crippen molar-refractivity contribution in [3.63, 3.8) is 0 Å². The number of allylic oxidation sites excluding steroid dienone is 2. The Morgan fingerprint density at radius 1 is 1.00 bits per heavy atom. The number of carbonyl (C=O) groups is 1. The fourth-order valence-electron chi connectivity index (χ4n) is 5.35. The summed E-state index contributed by atoms with van der Waals surface area (Å²) in [4.78, 5) is 12.2. The van der Waals surface area contributed by atoms with E-state index in [1.807, 2.05) is 24.3 Å². The molecule has 0 radical (unpaired) electrons. The molecular formula is C27H26N2O. The van der Waals surface area contributed by atoms with Crippen LogP contribution in [0.1, 0.15) is 62.0 Å².